The van der Waals surface area contributed by atoms with Gasteiger partial charge in [-0.2, -0.15) is 0 Å². The van der Waals surface area contributed by atoms with Crippen molar-refractivity contribution < 1.29 is 14.3 Å². The number of rotatable bonds is 4. The molecule has 2 heterocycles. The Balaban J connectivity index is 1.47. The summed E-state index contributed by atoms with van der Waals surface area (Å²) in [5.41, 5.74) is 1.50. The number of thiazole rings is 1. The zero-order valence-electron chi connectivity index (χ0n) is 14.9. The second kappa shape index (κ2) is 7.32. The lowest BCUT2D eigenvalue weighted by Gasteiger charge is -2.14. The second-order valence-corrected chi connectivity index (χ2v) is 8.09. The fourth-order valence-corrected chi connectivity index (χ4v) is 4.72. The van der Waals surface area contributed by atoms with E-state index in [1.807, 2.05) is 23.1 Å². The molecule has 1 aromatic carbocycles. The SMILES string of the molecule is COC1CCC(C(=O)Nc2nc3ccc(C(=O)N4CCCC4)cc3s2)C1. The summed E-state index contributed by atoms with van der Waals surface area (Å²) in [5, 5.41) is 3.53. The molecule has 1 aliphatic carbocycles. The van der Waals surface area contributed by atoms with Gasteiger partial charge in [0.1, 0.15) is 0 Å². The number of ether oxygens (including phenoxy) is 1. The molecular weight excluding hydrogens is 350 g/mol. The molecule has 7 heteroatoms. The number of amides is 2. The van der Waals surface area contributed by atoms with Gasteiger partial charge < -0.3 is 15.0 Å². The van der Waals surface area contributed by atoms with E-state index in [-0.39, 0.29) is 23.8 Å². The Morgan fingerprint density at radius 3 is 2.81 bits per heavy atom. The van der Waals surface area contributed by atoms with Crippen LogP contribution in [0.5, 0.6) is 0 Å². The molecule has 2 aromatic rings. The molecule has 0 radical (unpaired) electrons. The van der Waals surface area contributed by atoms with E-state index < -0.39 is 0 Å². The number of benzene rings is 1. The predicted octanol–water partition coefficient (Wildman–Crippen LogP) is 3.29. The van der Waals surface area contributed by atoms with Gasteiger partial charge in [0, 0.05) is 31.7 Å². The third-order valence-electron chi connectivity index (χ3n) is 5.35. The van der Waals surface area contributed by atoms with E-state index in [4.69, 9.17) is 4.74 Å². The predicted molar refractivity (Wildman–Crippen MR) is 102 cm³/mol. The van der Waals surface area contributed by atoms with Crippen LogP contribution in [0.15, 0.2) is 18.2 Å². The Kier molecular flexibility index (Phi) is 4.91. The van der Waals surface area contributed by atoms with Crippen LogP contribution in [0, 0.1) is 5.92 Å². The molecule has 1 aliphatic heterocycles. The van der Waals surface area contributed by atoms with Crippen LogP contribution in [0.2, 0.25) is 0 Å². The summed E-state index contributed by atoms with van der Waals surface area (Å²) < 4.78 is 6.26. The van der Waals surface area contributed by atoms with Crippen LogP contribution in [0.25, 0.3) is 10.2 Å². The number of fused-ring (bicyclic) bond motifs is 1. The molecule has 2 aliphatic rings. The van der Waals surface area contributed by atoms with Crippen molar-refractivity contribution in [2.24, 2.45) is 5.92 Å². The first-order valence-corrected chi connectivity index (χ1v) is 9.99. The number of likely N-dealkylation sites (tertiary alicyclic amines) is 1. The van der Waals surface area contributed by atoms with Gasteiger partial charge in [0.25, 0.3) is 5.91 Å². The molecule has 1 saturated heterocycles. The molecule has 2 fully saturated rings. The van der Waals surface area contributed by atoms with Gasteiger partial charge in [-0.15, -0.1) is 0 Å². The van der Waals surface area contributed by atoms with Gasteiger partial charge in [-0.25, -0.2) is 4.98 Å². The maximum atomic E-state index is 12.5. The third kappa shape index (κ3) is 3.46. The minimum absolute atomic E-state index is 0.0111. The van der Waals surface area contributed by atoms with Gasteiger partial charge in [0.05, 0.1) is 16.3 Å². The number of carbonyl (C=O) groups excluding carboxylic acids is 2. The summed E-state index contributed by atoms with van der Waals surface area (Å²) in [6.07, 6.45) is 4.88. The maximum absolute atomic E-state index is 12.5. The van der Waals surface area contributed by atoms with Crippen LogP contribution in [-0.4, -0.2) is 48.0 Å². The normalized spacial score (nSPS) is 22.9. The van der Waals surface area contributed by atoms with E-state index in [0.29, 0.717) is 10.7 Å². The number of hydrogen-bond acceptors (Lipinski definition) is 5. The standard InChI is InChI=1S/C19H23N3O3S/c1-25-14-6-4-12(10-14)17(23)21-19-20-15-7-5-13(11-16(15)26-19)18(24)22-8-2-3-9-22/h5,7,11-12,14H,2-4,6,8-10H2,1H3,(H,20,21,23). The molecular formula is C19H23N3O3S. The van der Waals surface area contributed by atoms with Gasteiger partial charge in [0.15, 0.2) is 5.13 Å². The average Bonchev–Trinajstić information content (AvgIpc) is 3.39. The summed E-state index contributed by atoms with van der Waals surface area (Å²) in [6.45, 7) is 1.68. The minimum Gasteiger partial charge on any atom is -0.381 e. The molecule has 2 unspecified atom stereocenters. The molecule has 0 bridgehead atoms. The summed E-state index contributed by atoms with van der Waals surface area (Å²) in [6, 6.07) is 5.58. The zero-order chi connectivity index (χ0) is 18.1. The Morgan fingerprint density at radius 1 is 1.27 bits per heavy atom. The molecule has 138 valence electrons. The molecule has 6 nitrogen and oxygen atoms in total. The topological polar surface area (TPSA) is 71.5 Å². The quantitative estimate of drug-likeness (QED) is 0.893. The molecule has 1 aromatic heterocycles. The highest BCUT2D eigenvalue weighted by Crippen LogP contribution is 2.31. The van der Waals surface area contributed by atoms with Crippen LogP contribution >= 0.6 is 11.3 Å². The summed E-state index contributed by atoms with van der Waals surface area (Å²) in [4.78, 5) is 31.4. The number of methoxy groups -OCH3 is 1. The number of nitrogens with one attached hydrogen (secondary N) is 1. The van der Waals surface area contributed by atoms with Crippen molar-refractivity contribution in [3.63, 3.8) is 0 Å². The molecule has 4 rings (SSSR count). The number of nitrogens with zero attached hydrogens (tertiary/aromatic N) is 2. The Labute approximate surface area is 156 Å². The lowest BCUT2D eigenvalue weighted by Crippen LogP contribution is -2.27. The highest BCUT2D eigenvalue weighted by molar-refractivity contribution is 7.22. The highest BCUT2D eigenvalue weighted by Gasteiger charge is 2.30. The second-order valence-electron chi connectivity index (χ2n) is 7.06. The van der Waals surface area contributed by atoms with Crippen molar-refractivity contribution in [3.8, 4) is 0 Å². The number of aromatic nitrogens is 1. The van der Waals surface area contributed by atoms with Crippen LogP contribution in [0.4, 0.5) is 5.13 Å². The van der Waals surface area contributed by atoms with E-state index in [1.54, 1.807) is 7.11 Å². The monoisotopic (exact) mass is 373 g/mol. The Hall–Kier alpha value is -1.99. The van der Waals surface area contributed by atoms with Gasteiger partial charge >= 0.3 is 0 Å². The molecule has 1 saturated carbocycles. The van der Waals surface area contributed by atoms with Crippen molar-refractivity contribution in [1.82, 2.24) is 9.88 Å². The Bertz CT molecular complexity index is 829. The van der Waals surface area contributed by atoms with Crippen LogP contribution in [0.3, 0.4) is 0 Å². The van der Waals surface area contributed by atoms with Crippen LogP contribution < -0.4 is 5.32 Å². The number of carbonyl (C=O) groups is 2. The lowest BCUT2D eigenvalue weighted by molar-refractivity contribution is -0.119. The minimum atomic E-state index is -0.0146. The summed E-state index contributed by atoms with van der Waals surface area (Å²) in [7, 11) is 1.69. The molecule has 0 spiro atoms. The van der Waals surface area contributed by atoms with Gasteiger partial charge in [-0.05, 0) is 50.3 Å². The van der Waals surface area contributed by atoms with Crippen LogP contribution in [0.1, 0.15) is 42.5 Å². The van der Waals surface area contributed by atoms with E-state index in [1.165, 1.54) is 11.3 Å². The summed E-state index contributed by atoms with van der Waals surface area (Å²) >= 11 is 1.42. The first-order valence-electron chi connectivity index (χ1n) is 9.17. The van der Waals surface area contributed by atoms with E-state index >= 15 is 0 Å². The van der Waals surface area contributed by atoms with Crippen molar-refractivity contribution in [3.05, 3.63) is 23.8 Å². The molecule has 2 amide bonds. The van der Waals surface area contributed by atoms with Crippen molar-refractivity contribution >= 4 is 38.5 Å². The molecule has 26 heavy (non-hydrogen) atoms. The largest absolute Gasteiger partial charge is 0.381 e. The molecule has 2 atom stereocenters. The van der Waals surface area contributed by atoms with Crippen LogP contribution in [-0.2, 0) is 9.53 Å². The first kappa shape index (κ1) is 17.4. The Morgan fingerprint density at radius 2 is 2.08 bits per heavy atom. The van der Waals surface area contributed by atoms with E-state index in [9.17, 15) is 9.59 Å². The van der Waals surface area contributed by atoms with Gasteiger partial charge in [-0.3, -0.25) is 9.59 Å². The van der Waals surface area contributed by atoms with E-state index in [0.717, 1.165) is 55.4 Å². The smallest absolute Gasteiger partial charge is 0.253 e. The number of anilines is 1. The third-order valence-corrected chi connectivity index (χ3v) is 6.28. The average molecular weight is 373 g/mol. The maximum Gasteiger partial charge on any atom is 0.253 e. The molecule has 1 N–H and O–H groups in total. The van der Waals surface area contributed by atoms with Crippen molar-refractivity contribution in [1.29, 1.82) is 0 Å². The number of hydrogen-bond donors (Lipinski definition) is 1. The zero-order valence-corrected chi connectivity index (χ0v) is 15.7. The van der Waals surface area contributed by atoms with Gasteiger partial charge in [-0.1, -0.05) is 11.3 Å². The highest BCUT2D eigenvalue weighted by atomic mass is 32.1. The fraction of sp³-hybridized carbons (Fsp3) is 0.526. The van der Waals surface area contributed by atoms with Gasteiger partial charge in [0.2, 0.25) is 5.91 Å². The summed E-state index contributed by atoms with van der Waals surface area (Å²) in [5.74, 6) is 0.0798. The van der Waals surface area contributed by atoms with Crippen molar-refractivity contribution in [2.45, 2.75) is 38.2 Å². The fourth-order valence-electron chi connectivity index (χ4n) is 3.81. The first-order chi connectivity index (χ1) is 12.6. The van der Waals surface area contributed by atoms with Crippen molar-refractivity contribution in [2.75, 3.05) is 25.5 Å². The lowest BCUT2D eigenvalue weighted by atomic mass is 10.1. The van der Waals surface area contributed by atoms with E-state index in [2.05, 4.69) is 10.3 Å².